The summed E-state index contributed by atoms with van der Waals surface area (Å²) in [5.74, 6) is -1.09. The van der Waals surface area contributed by atoms with E-state index in [0.29, 0.717) is 32.1 Å². The third-order valence-electron chi connectivity index (χ3n) is 7.60. The second-order valence-electron chi connectivity index (χ2n) is 11.3. The Labute approximate surface area is 313 Å². The first-order valence-electron chi connectivity index (χ1n) is 15.8. The zero-order valence-corrected chi connectivity index (χ0v) is 30.2. The molecule has 51 heavy (non-hydrogen) atoms. The number of carbonyl (C=O) groups is 3. The molecule has 1 heterocycles. The lowest BCUT2D eigenvalue weighted by Gasteiger charge is -2.13. The second-order valence-corrected chi connectivity index (χ2v) is 14.3. The summed E-state index contributed by atoms with van der Waals surface area (Å²) in [6.07, 6.45) is 1.64. The summed E-state index contributed by atoms with van der Waals surface area (Å²) in [7, 11) is 0. The van der Waals surface area contributed by atoms with E-state index in [4.69, 9.17) is 23.2 Å². The average molecular weight is 750 g/mol. The number of hydrogen-bond acceptors (Lipinski definition) is 6. The number of benzene rings is 5. The number of carbonyl (C=O) groups excluding carboxylic acids is 3. The molecule has 6 aromatic rings. The summed E-state index contributed by atoms with van der Waals surface area (Å²) in [4.78, 5) is 44.9. The highest BCUT2D eigenvalue weighted by Crippen LogP contribution is 2.31. The maximum atomic E-state index is 13.6. The van der Waals surface area contributed by atoms with Gasteiger partial charge in [-0.15, -0.1) is 23.1 Å². The minimum Gasteiger partial charge on any atom is -0.321 e. The van der Waals surface area contributed by atoms with E-state index in [-0.39, 0.29) is 11.6 Å². The van der Waals surface area contributed by atoms with Gasteiger partial charge >= 0.3 is 0 Å². The Bertz CT molecular complexity index is 2190. The molecule has 7 nitrogen and oxygen atoms in total. The minimum absolute atomic E-state index is 0.0876. The molecular weight excluding hydrogens is 720 g/mol. The highest BCUT2D eigenvalue weighted by Gasteiger charge is 2.18. The molecule has 0 saturated carbocycles. The van der Waals surface area contributed by atoms with Crippen molar-refractivity contribution in [1.29, 1.82) is 0 Å². The van der Waals surface area contributed by atoms with E-state index < -0.39 is 17.1 Å². The summed E-state index contributed by atoms with van der Waals surface area (Å²) in [6, 6.07) is 38.8. The van der Waals surface area contributed by atoms with Gasteiger partial charge in [-0.3, -0.25) is 14.4 Å². The van der Waals surface area contributed by atoms with Crippen LogP contribution < -0.4 is 16.0 Å². The fourth-order valence-electron chi connectivity index (χ4n) is 4.91. The first-order chi connectivity index (χ1) is 24.7. The molecule has 0 aliphatic rings. The lowest BCUT2D eigenvalue weighted by Crippen LogP contribution is -2.30. The van der Waals surface area contributed by atoms with Gasteiger partial charge in [-0.2, -0.15) is 0 Å². The number of thioether (sulfide) groups is 1. The highest BCUT2D eigenvalue weighted by molar-refractivity contribution is 8.00. The Morgan fingerprint density at radius 1 is 0.745 bits per heavy atom. The Morgan fingerprint density at radius 3 is 2.08 bits per heavy atom. The van der Waals surface area contributed by atoms with Gasteiger partial charge in [-0.05, 0) is 78.2 Å². The summed E-state index contributed by atoms with van der Waals surface area (Å²) in [5, 5.41) is 11.3. The molecule has 0 bridgehead atoms. The predicted octanol–water partition coefficient (Wildman–Crippen LogP) is 10.3. The Hall–Kier alpha value is -5.19. The van der Waals surface area contributed by atoms with Gasteiger partial charge in [0, 0.05) is 27.1 Å². The van der Waals surface area contributed by atoms with Crippen molar-refractivity contribution in [3.8, 4) is 22.4 Å². The smallest absolute Gasteiger partial charge is 0.272 e. The van der Waals surface area contributed by atoms with E-state index in [1.807, 2.05) is 91.2 Å². The molecule has 254 valence electrons. The van der Waals surface area contributed by atoms with Gasteiger partial charge in [0.2, 0.25) is 5.91 Å². The molecule has 0 fully saturated rings. The molecule has 1 aromatic heterocycles. The van der Waals surface area contributed by atoms with Gasteiger partial charge in [0.1, 0.15) is 5.70 Å². The van der Waals surface area contributed by atoms with Gasteiger partial charge in [-0.1, -0.05) is 102 Å². The summed E-state index contributed by atoms with van der Waals surface area (Å²) >= 11 is 14.9. The highest BCUT2D eigenvalue weighted by atomic mass is 35.5. The Balaban J connectivity index is 1.10. The van der Waals surface area contributed by atoms with Gasteiger partial charge in [0.05, 0.1) is 21.0 Å². The van der Waals surface area contributed by atoms with E-state index >= 15 is 0 Å². The van der Waals surface area contributed by atoms with Crippen LogP contribution in [0.25, 0.3) is 28.5 Å². The SMILES string of the molecule is CC(Sc1ccc(NC(=O)/C(=C/c2ccc(-c3ccccc3)cc2)NC(=O)c2ccccc2)cc1)C(=O)Nc1nc(-c2ccc(Cl)c(Cl)c2)cs1. The van der Waals surface area contributed by atoms with Crippen LogP contribution in [0.1, 0.15) is 22.8 Å². The molecule has 0 saturated heterocycles. The zero-order chi connectivity index (χ0) is 35.7. The first kappa shape index (κ1) is 35.6. The van der Waals surface area contributed by atoms with Crippen LogP contribution in [0.2, 0.25) is 10.0 Å². The Kier molecular flexibility index (Phi) is 11.7. The monoisotopic (exact) mass is 748 g/mol. The van der Waals surface area contributed by atoms with Crippen LogP contribution in [0.5, 0.6) is 0 Å². The summed E-state index contributed by atoms with van der Waals surface area (Å²) in [5.41, 5.74) is 5.39. The summed E-state index contributed by atoms with van der Waals surface area (Å²) < 4.78 is 0. The van der Waals surface area contributed by atoms with Crippen molar-refractivity contribution in [2.75, 3.05) is 10.6 Å². The molecule has 0 aliphatic heterocycles. The van der Waals surface area contributed by atoms with E-state index in [0.717, 1.165) is 27.1 Å². The number of rotatable bonds is 11. The molecule has 1 atom stereocenters. The minimum atomic E-state index is -0.483. The fraction of sp³-hybridized carbons (Fsp3) is 0.0500. The second kappa shape index (κ2) is 16.7. The normalized spacial score (nSPS) is 11.8. The van der Waals surface area contributed by atoms with Gasteiger partial charge < -0.3 is 16.0 Å². The van der Waals surface area contributed by atoms with Gasteiger partial charge in [0.25, 0.3) is 11.8 Å². The van der Waals surface area contributed by atoms with Crippen molar-refractivity contribution in [3.05, 3.63) is 160 Å². The van der Waals surface area contributed by atoms with Crippen LogP contribution in [0.3, 0.4) is 0 Å². The molecule has 3 amide bonds. The molecule has 6 rings (SSSR count). The lowest BCUT2D eigenvalue weighted by atomic mass is 10.0. The van der Waals surface area contributed by atoms with Crippen LogP contribution in [0.4, 0.5) is 10.8 Å². The molecule has 0 radical (unpaired) electrons. The predicted molar refractivity (Wildman–Crippen MR) is 210 cm³/mol. The molecule has 11 heteroatoms. The van der Waals surface area contributed by atoms with Crippen LogP contribution in [0.15, 0.2) is 143 Å². The van der Waals surface area contributed by atoms with Crippen molar-refractivity contribution < 1.29 is 14.4 Å². The Morgan fingerprint density at radius 2 is 1.39 bits per heavy atom. The number of anilines is 2. The molecule has 1 unspecified atom stereocenters. The van der Waals surface area contributed by atoms with Crippen LogP contribution in [-0.4, -0.2) is 28.0 Å². The third-order valence-corrected chi connectivity index (χ3v) is 10.2. The van der Waals surface area contributed by atoms with E-state index in [1.165, 1.54) is 23.1 Å². The number of aromatic nitrogens is 1. The quantitative estimate of drug-likeness (QED) is 0.0905. The average Bonchev–Trinajstić information content (AvgIpc) is 3.62. The third kappa shape index (κ3) is 9.53. The van der Waals surface area contributed by atoms with E-state index in [9.17, 15) is 14.4 Å². The maximum Gasteiger partial charge on any atom is 0.272 e. The number of hydrogen-bond donors (Lipinski definition) is 3. The van der Waals surface area contributed by atoms with Gasteiger partial charge in [-0.25, -0.2) is 4.98 Å². The molecular formula is C40H30Cl2N4O3S2. The topological polar surface area (TPSA) is 100 Å². The van der Waals surface area contributed by atoms with Crippen LogP contribution >= 0.6 is 46.3 Å². The van der Waals surface area contributed by atoms with Crippen molar-refractivity contribution in [3.63, 3.8) is 0 Å². The van der Waals surface area contributed by atoms with Crippen molar-refractivity contribution >= 4 is 80.9 Å². The largest absolute Gasteiger partial charge is 0.321 e. The standard InChI is InChI=1S/C40H30Cl2N4O3S2/c1-25(37(47)46-40-45-36(24-50-40)30-16-21-33(41)34(42)23-30)51-32-19-17-31(18-20-32)43-39(49)35(44-38(48)29-10-6-3-7-11-29)22-26-12-14-28(15-13-26)27-8-4-2-5-9-27/h2-25H,1H3,(H,43,49)(H,44,48)(H,45,46,47)/b35-22-. The van der Waals surface area contributed by atoms with Crippen molar-refractivity contribution in [2.45, 2.75) is 17.1 Å². The van der Waals surface area contributed by atoms with E-state index in [2.05, 4.69) is 20.9 Å². The number of thiazole rings is 1. The molecule has 5 aromatic carbocycles. The number of nitrogens with zero attached hydrogens (tertiary/aromatic N) is 1. The molecule has 3 N–H and O–H groups in total. The molecule has 0 spiro atoms. The van der Waals surface area contributed by atoms with E-state index in [1.54, 1.807) is 54.6 Å². The maximum absolute atomic E-state index is 13.6. The first-order valence-corrected chi connectivity index (χ1v) is 18.3. The zero-order valence-electron chi connectivity index (χ0n) is 27.1. The lowest BCUT2D eigenvalue weighted by molar-refractivity contribution is -0.115. The fourth-order valence-corrected chi connectivity index (χ4v) is 6.80. The van der Waals surface area contributed by atoms with Crippen molar-refractivity contribution in [2.24, 2.45) is 0 Å². The number of amides is 3. The van der Waals surface area contributed by atoms with Crippen LogP contribution in [-0.2, 0) is 9.59 Å². The molecule has 0 aliphatic carbocycles. The summed E-state index contributed by atoms with van der Waals surface area (Å²) in [6.45, 7) is 1.81. The number of nitrogens with one attached hydrogen (secondary N) is 3. The van der Waals surface area contributed by atoms with Gasteiger partial charge in [0.15, 0.2) is 5.13 Å². The number of halogens is 2. The van der Waals surface area contributed by atoms with Crippen LogP contribution in [0, 0.1) is 0 Å². The van der Waals surface area contributed by atoms with Crippen molar-refractivity contribution in [1.82, 2.24) is 10.3 Å².